The Labute approximate surface area is 191 Å². The van der Waals surface area contributed by atoms with Crippen molar-refractivity contribution in [2.24, 2.45) is 11.1 Å². The molecule has 29 heavy (non-hydrogen) atoms. The van der Waals surface area contributed by atoms with Crippen LogP contribution in [0.4, 0.5) is 5.69 Å². The molecule has 4 nitrogen and oxygen atoms in total. The van der Waals surface area contributed by atoms with Gasteiger partial charge in [0.2, 0.25) is 0 Å². The first-order chi connectivity index (χ1) is 13.7. The fraction of sp³-hybridized carbons (Fsp3) is 0.273. The summed E-state index contributed by atoms with van der Waals surface area (Å²) < 4.78 is 1.87. The van der Waals surface area contributed by atoms with E-state index in [1.54, 1.807) is 0 Å². The van der Waals surface area contributed by atoms with Crippen molar-refractivity contribution in [1.29, 1.82) is 5.26 Å². The molecular weight excluding hydrogens is 514 g/mol. The SMILES string of the molecule is CC1(C)CC(=O)C2=C(C1)N(c1cccc(Br)c1)C(N)=C(C#N)C2c1ccc(Br)s1. The number of thiophene rings is 1. The Morgan fingerprint density at radius 1 is 1.24 bits per heavy atom. The number of ketones is 1. The van der Waals surface area contributed by atoms with E-state index >= 15 is 0 Å². The van der Waals surface area contributed by atoms with E-state index in [2.05, 4.69) is 51.8 Å². The van der Waals surface area contributed by atoms with Crippen molar-refractivity contribution in [3.05, 3.63) is 72.2 Å². The molecule has 4 rings (SSSR count). The van der Waals surface area contributed by atoms with Gasteiger partial charge < -0.3 is 5.73 Å². The Bertz CT molecular complexity index is 1120. The fourth-order valence-corrected chi connectivity index (χ4v) is 6.12. The molecule has 2 heterocycles. The van der Waals surface area contributed by atoms with E-state index in [0.29, 0.717) is 29.8 Å². The smallest absolute Gasteiger partial charge is 0.162 e. The highest BCUT2D eigenvalue weighted by Gasteiger charge is 2.45. The topological polar surface area (TPSA) is 70.1 Å². The van der Waals surface area contributed by atoms with Gasteiger partial charge in [-0.15, -0.1) is 11.3 Å². The van der Waals surface area contributed by atoms with Crippen LogP contribution in [0.25, 0.3) is 0 Å². The minimum Gasteiger partial charge on any atom is -0.384 e. The van der Waals surface area contributed by atoms with Crippen LogP contribution < -0.4 is 10.6 Å². The summed E-state index contributed by atoms with van der Waals surface area (Å²) in [6, 6.07) is 14.0. The Morgan fingerprint density at radius 3 is 2.62 bits per heavy atom. The lowest BCUT2D eigenvalue weighted by molar-refractivity contribution is -0.118. The molecule has 0 saturated heterocycles. The van der Waals surface area contributed by atoms with E-state index in [1.807, 2.05) is 41.3 Å². The van der Waals surface area contributed by atoms with Crippen molar-refractivity contribution in [2.45, 2.75) is 32.6 Å². The number of benzene rings is 1. The van der Waals surface area contributed by atoms with E-state index in [9.17, 15) is 10.1 Å². The van der Waals surface area contributed by atoms with E-state index < -0.39 is 5.92 Å². The van der Waals surface area contributed by atoms with Crippen LogP contribution in [0.5, 0.6) is 0 Å². The van der Waals surface area contributed by atoms with Crippen LogP contribution in [0.15, 0.2) is 67.3 Å². The van der Waals surface area contributed by atoms with Crippen LogP contribution in [0, 0.1) is 16.7 Å². The van der Waals surface area contributed by atoms with Crippen molar-refractivity contribution in [1.82, 2.24) is 0 Å². The molecule has 0 radical (unpaired) electrons. The lowest BCUT2D eigenvalue weighted by atomic mass is 9.69. The van der Waals surface area contributed by atoms with Gasteiger partial charge >= 0.3 is 0 Å². The van der Waals surface area contributed by atoms with Gasteiger partial charge in [0.25, 0.3) is 0 Å². The van der Waals surface area contributed by atoms with Crippen molar-refractivity contribution >= 4 is 54.7 Å². The van der Waals surface area contributed by atoms with Gasteiger partial charge in [0.1, 0.15) is 5.82 Å². The molecular formula is C22H19Br2N3OS. The van der Waals surface area contributed by atoms with Crippen molar-refractivity contribution in [3.63, 3.8) is 0 Å². The molecule has 2 N–H and O–H groups in total. The van der Waals surface area contributed by atoms with E-state index in [-0.39, 0.29) is 11.2 Å². The lowest BCUT2D eigenvalue weighted by Crippen LogP contribution is -2.42. The quantitative estimate of drug-likeness (QED) is 0.498. The number of nitrogens with zero attached hydrogens (tertiary/aromatic N) is 2. The van der Waals surface area contributed by atoms with Crippen LogP contribution in [0.3, 0.4) is 0 Å². The number of Topliss-reactive ketones (excluding diaryl/α,β-unsaturated/α-hetero) is 1. The number of allylic oxidation sites excluding steroid dienone is 3. The number of anilines is 1. The standard InChI is InChI=1S/C22H19Br2N3OS/c1-22(2)9-15-20(16(28)10-22)19(17-6-7-18(24)29-17)14(11-25)21(26)27(15)13-5-3-4-12(23)8-13/h3-8,19H,9-10,26H2,1-2H3. The predicted octanol–water partition coefficient (Wildman–Crippen LogP) is 6.21. The van der Waals surface area contributed by atoms with Gasteiger partial charge in [0, 0.05) is 32.7 Å². The summed E-state index contributed by atoms with van der Waals surface area (Å²) in [4.78, 5) is 16.2. The molecule has 1 aromatic heterocycles. The molecule has 0 bridgehead atoms. The highest BCUT2D eigenvalue weighted by molar-refractivity contribution is 9.11. The molecule has 2 aliphatic rings. The third-order valence-corrected chi connectivity index (χ3v) is 7.51. The molecule has 1 aliphatic carbocycles. The second kappa shape index (κ2) is 7.42. The van der Waals surface area contributed by atoms with Crippen LogP contribution in [-0.4, -0.2) is 5.78 Å². The van der Waals surface area contributed by atoms with E-state index in [4.69, 9.17) is 5.73 Å². The van der Waals surface area contributed by atoms with Gasteiger partial charge in [-0.3, -0.25) is 9.69 Å². The number of carbonyl (C=O) groups is 1. The number of rotatable bonds is 2. The molecule has 0 spiro atoms. The maximum absolute atomic E-state index is 13.4. The normalized spacial score (nSPS) is 21.3. The Kier molecular flexibility index (Phi) is 5.22. The number of nitrogens with two attached hydrogens (primary N) is 1. The molecule has 1 unspecified atom stereocenters. The molecule has 7 heteroatoms. The number of carbonyl (C=O) groups excluding carboxylic acids is 1. The molecule has 1 aromatic carbocycles. The van der Waals surface area contributed by atoms with E-state index in [1.165, 1.54) is 11.3 Å². The van der Waals surface area contributed by atoms with E-state index in [0.717, 1.165) is 24.5 Å². The average Bonchev–Trinajstić information content (AvgIpc) is 3.05. The minimum atomic E-state index is -0.418. The van der Waals surface area contributed by atoms with Gasteiger partial charge in [-0.1, -0.05) is 35.8 Å². The first-order valence-corrected chi connectivity index (χ1v) is 11.6. The zero-order valence-corrected chi connectivity index (χ0v) is 20.0. The maximum Gasteiger partial charge on any atom is 0.162 e. The summed E-state index contributed by atoms with van der Waals surface area (Å²) in [6.07, 6.45) is 1.17. The monoisotopic (exact) mass is 531 g/mol. The van der Waals surface area contributed by atoms with Crippen LogP contribution >= 0.6 is 43.2 Å². The number of nitriles is 1. The summed E-state index contributed by atoms with van der Waals surface area (Å²) in [5.74, 6) is 0.0636. The third-order valence-electron chi connectivity index (χ3n) is 5.33. The second-order valence-electron chi connectivity index (χ2n) is 8.10. The lowest BCUT2D eigenvalue weighted by Gasteiger charge is -2.43. The predicted molar refractivity (Wildman–Crippen MR) is 123 cm³/mol. The highest BCUT2D eigenvalue weighted by Crippen LogP contribution is 2.51. The molecule has 0 saturated carbocycles. The summed E-state index contributed by atoms with van der Waals surface area (Å²) >= 11 is 8.56. The fourth-order valence-electron chi connectivity index (χ4n) is 4.19. The third kappa shape index (κ3) is 3.58. The van der Waals surface area contributed by atoms with Gasteiger partial charge in [-0.25, -0.2) is 0 Å². The first-order valence-electron chi connectivity index (χ1n) is 9.19. The maximum atomic E-state index is 13.4. The Balaban J connectivity index is 2.00. The summed E-state index contributed by atoms with van der Waals surface area (Å²) in [6.45, 7) is 4.20. The summed E-state index contributed by atoms with van der Waals surface area (Å²) in [7, 11) is 0. The molecule has 148 valence electrons. The molecule has 1 atom stereocenters. The minimum absolute atomic E-state index is 0.0889. The van der Waals surface area contributed by atoms with Gasteiger partial charge in [0.15, 0.2) is 5.78 Å². The largest absolute Gasteiger partial charge is 0.384 e. The first kappa shape index (κ1) is 20.4. The summed E-state index contributed by atoms with van der Waals surface area (Å²) in [5, 5.41) is 10.0. The number of hydrogen-bond donors (Lipinski definition) is 1. The van der Waals surface area contributed by atoms with Crippen molar-refractivity contribution in [3.8, 4) is 6.07 Å². The van der Waals surface area contributed by atoms with Gasteiger partial charge in [0.05, 0.1) is 21.3 Å². The zero-order valence-electron chi connectivity index (χ0n) is 16.0. The van der Waals surface area contributed by atoms with Crippen molar-refractivity contribution < 1.29 is 4.79 Å². The van der Waals surface area contributed by atoms with Crippen LogP contribution in [-0.2, 0) is 4.79 Å². The van der Waals surface area contributed by atoms with Crippen LogP contribution in [0.2, 0.25) is 0 Å². The second-order valence-corrected chi connectivity index (χ2v) is 11.5. The Morgan fingerprint density at radius 2 is 2.00 bits per heavy atom. The molecule has 0 fully saturated rings. The highest BCUT2D eigenvalue weighted by atomic mass is 79.9. The molecule has 0 amide bonds. The zero-order chi connectivity index (χ0) is 20.9. The number of hydrogen-bond acceptors (Lipinski definition) is 5. The summed E-state index contributed by atoms with van der Waals surface area (Å²) in [5.41, 5.74) is 9.29. The van der Waals surface area contributed by atoms with Crippen LogP contribution in [0.1, 0.15) is 37.5 Å². The van der Waals surface area contributed by atoms with Gasteiger partial charge in [-0.2, -0.15) is 5.26 Å². The molecule has 1 aliphatic heterocycles. The van der Waals surface area contributed by atoms with Gasteiger partial charge in [-0.05, 0) is 58.1 Å². The Hall–Kier alpha value is -1.88. The average molecular weight is 533 g/mol. The molecule has 2 aromatic rings. The number of halogens is 2. The van der Waals surface area contributed by atoms with Crippen molar-refractivity contribution in [2.75, 3.05) is 4.90 Å².